The monoisotopic (exact) mass is 437 g/mol. The topological polar surface area (TPSA) is 3.24 Å². The molecule has 1 aliphatic rings. The van der Waals surface area contributed by atoms with Crippen molar-refractivity contribution in [3.8, 4) is 0 Å². The molecule has 0 amide bonds. The van der Waals surface area contributed by atoms with E-state index in [2.05, 4.69) is 45.1 Å². The molecule has 0 spiro atoms. The number of hydrogen-bond acceptors (Lipinski definition) is 1. The zero-order chi connectivity index (χ0) is 14.0. The lowest BCUT2D eigenvalue weighted by atomic mass is 10.1. The van der Waals surface area contributed by atoms with Crippen molar-refractivity contribution in [3.63, 3.8) is 0 Å². The molecule has 0 unspecified atom stereocenters. The molecule has 0 radical (unpaired) electrons. The van der Waals surface area contributed by atoms with Crippen LogP contribution in [-0.2, 0) is 0 Å². The van der Waals surface area contributed by atoms with Crippen molar-refractivity contribution in [1.82, 2.24) is 4.90 Å². The molecular formula is C14H11BrF2IN. The molecule has 0 saturated heterocycles. The lowest BCUT2D eigenvalue weighted by molar-refractivity contribution is 0.123. The summed E-state index contributed by atoms with van der Waals surface area (Å²) >= 11 is 5.46. The molecule has 1 aromatic rings. The van der Waals surface area contributed by atoms with Gasteiger partial charge in [-0.15, -0.1) is 0 Å². The van der Waals surface area contributed by atoms with E-state index in [9.17, 15) is 8.78 Å². The zero-order valence-corrected chi connectivity index (χ0v) is 13.7. The number of benzene rings is 1. The maximum absolute atomic E-state index is 12.7. The van der Waals surface area contributed by atoms with Gasteiger partial charge in [0, 0.05) is 19.4 Å². The summed E-state index contributed by atoms with van der Waals surface area (Å²) in [5.41, 5.74) is 2.25. The van der Waals surface area contributed by atoms with Gasteiger partial charge in [0.05, 0.1) is 6.54 Å². The lowest BCUT2D eigenvalue weighted by Gasteiger charge is -2.31. The number of allylic oxidation sites excluding steroid dienone is 3. The Balaban J connectivity index is 2.39. The summed E-state index contributed by atoms with van der Waals surface area (Å²) in [6.07, 6.45) is 1.34. The molecule has 2 rings (SSSR count). The van der Waals surface area contributed by atoms with E-state index in [1.165, 1.54) is 0 Å². The minimum atomic E-state index is -2.40. The van der Waals surface area contributed by atoms with Gasteiger partial charge in [-0.05, 0) is 52.4 Å². The van der Waals surface area contributed by atoms with Crippen LogP contribution in [0.5, 0.6) is 0 Å². The van der Waals surface area contributed by atoms with E-state index in [4.69, 9.17) is 0 Å². The van der Waals surface area contributed by atoms with Crippen LogP contribution in [0.25, 0.3) is 5.70 Å². The standard InChI is InChI=1S/C14H11BrF2IN/c1-9-12(18)6-7-13(19(9)8-14(16)17)10-2-4-11(15)5-3-10/h2-7,14H,1,8H2. The first-order valence-electron chi connectivity index (χ1n) is 5.57. The average molecular weight is 438 g/mol. The highest BCUT2D eigenvalue weighted by molar-refractivity contribution is 14.1. The van der Waals surface area contributed by atoms with Crippen LogP contribution < -0.4 is 0 Å². The summed E-state index contributed by atoms with van der Waals surface area (Å²) in [5, 5.41) is 0. The van der Waals surface area contributed by atoms with Gasteiger partial charge < -0.3 is 4.90 Å². The van der Waals surface area contributed by atoms with Crippen molar-refractivity contribution in [3.05, 3.63) is 62.3 Å². The largest absolute Gasteiger partial charge is 0.335 e. The molecule has 19 heavy (non-hydrogen) atoms. The molecule has 0 aromatic heterocycles. The van der Waals surface area contributed by atoms with E-state index >= 15 is 0 Å². The summed E-state index contributed by atoms with van der Waals surface area (Å²) in [6, 6.07) is 7.58. The van der Waals surface area contributed by atoms with Gasteiger partial charge in [-0.2, -0.15) is 0 Å². The molecule has 0 bridgehead atoms. The number of rotatable bonds is 3. The van der Waals surface area contributed by atoms with Gasteiger partial charge in [0.25, 0.3) is 6.43 Å². The second-order valence-corrected chi connectivity index (χ2v) is 6.10. The van der Waals surface area contributed by atoms with Crippen molar-refractivity contribution >= 4 is 44.2 Å². The molecule has 0 N–H and O–H groups in total. The van der Waals surface area contributed by atoms with Gasteiger partial charge in [-0.25, -0.2) is 8.78 Å². The van der Waals surface area contributed by atoms with Crippen LogP contribution in [0, 0.1) is 0 Å². The van der Waals surface area contributed by atoms with Crippen molar-refractivity contribution < 1.29 is 8.78 Å². The summed E-state index contributed by atoms with van der Waals surface area (Å²) in [5.74, 6) is 0. The highest BCUT2D eigenvalue weighted by Crippen LogP contribution is 2.34. The molecule has 100 valence electrons. The highest BCUT2D eigenvalue weighted by atomic mass is 127. The molecule has 0 atom stereocenters. The molecule has 0 saturated carbocycles. The van der Waals surface area contributed by atoms with Gasteiger partial charge in [0.1, 0.15) is 0 Å². The van der Waals surface area contributed by atoms with Crippen LogP contribution in [0.4, 0.5) is 8.78 Å². The van der Waals surface area contributed by atoms with Crippen molar-refractivity contribution in [2.75, 3.05) is 6.54 Å². The van der Waals surface area contributed by atoms with Gasteiger partial charge in [0.15, 0.2) is 0 Å². The number of halogens is 4. The van der Waals surface area contributed by atoms with Crippen LogP contribution in [0.1, 0.15) is 5.56 Å². The summed E-state index contributed by atoms with van der Waals surface area (Å²) in [4.78, 5) is 1.57. The Bertz CT molecular complexity index is 549. The number of hydrogen-bond donors (Lipinski definition) is 0. The minimum Gasteiger partial charge on any atom is -0.335 e. The van der Waals surface area contributed by atoms with Crippen LogP contribution >= 0.6 is 38.5 Å². The van der Waals surface area contributed by atoms with Gasteiger partial charge in [-0.1, -0.05) is 34.6 Å². The van der Waals surface area contributed by atoms with Crippen molar-refractivity contribution in [2.24, 2.45) is 0 Å². The second-order valence-electron chi connectivity index (χ2n) is 4.02. The minimum absolute atomic E-state index is 0.346. The van der Waals surface area contributed by atoms with Crippen LogP contribution in [-0.4, -0.2) is 17.9 Å². The van der Waals surface area contributed by atoms with E-state index in [1.807, 2.05) is 36.4 Å². The summed E-state index contributed by atoms with van der Waals surface area (Å²) in [6.45, 7) is 3.54. The number of alkyl halides is 2. The molecular weight excluding hydrogens is 427 g/mol. The molecule has 1 aliphatic heterocycles. The predicted octanol–water partition coefficient (Wildman–Crippen LogP) is 5.20. The third-order valence-corrected chi connectivity index (χ3v) is 4.25. The lowest BCUT2D eigenvalue weighted by Crippen LogP contribution is -2.28. The van der Waals surface area contributed by atoms with Gasteiger partial charge >= 0.3 is 0 Å². The normalized spacial score (nSPS) is 15.6. The SMILES string of the molecule is C=C1C(I)=CC=C(c2ccc(Br)cc2)N1CC(F)F. The average Bonchev–Trinajstić information content (AvgIpc) is 2.36. The van der Waals surface area contributed by atoms with E-state index in [-0.39, 0.29) is 6.54 Å². The molecule has 1 heterocycles. The first-order chi connectivity index (χ1) is 8.99. The molecule has 1 nitrogen and oxygen atoms in total. The Morgan fingerprint density at radius 2 is 1.84 bits per heavy atom. The van der Waals surface area contributed by atoms with Crippen LogP contribution in [0.2, 0.25) is 0 Å². The maximum Gasteiger partial charge on any atom is 0.256 e. The van der Waals surface area contributed by atoms with Crippen LogP contribution in [0.15, 0.2) is 56.7 Å². The zero-order valence-electron chi connectivity index (χ0n) is 9.91. The number of nitrogens with zero attached hydrogens (tertiary/aromatic N) is 1. The highest BCUT2D eigenvalue weighted by Gasteiger charge is 2.22. The fourth-order valence-corrected chi connectivity index (χ4v) is 2.57. The first kappa shape index (κ1) is 14.7. The third-order valence-electron chi connectivity index (χ3n) is 2.74. The van der Waals surface area contributed by atoms with E-state index in [0.29, 0.717) is 5.70 Å². The fourth-order valence-electron chi connectivity index (χ4n) is 1.83. The predicted molar refractivity (Wildman–Crippen MR) is 86.1 cm³/mol. The van der Waals surface area contributed by atoms with Crippen LogP contribution in [0.3, 0.4) is 0 Å². The van der Waals surface area contributed by atoms with E-state index in [0.717, 1.165) is 19.3 Å². The smallest absolute Gasteiger partial charge is 0.256 e. The Kier molecular flexibility index (Phi) is 4.78. The van der Waals surface area contributed by atoms with Crippen molar-refractivity contribution in [1.29, 1.82) is 0 Å². The summed E-state index contributed by atoms with van der Waals surface area (Å²) < 4.78 is 27.3. The van der Waals surface area contributed by atoms with E-state index < -0.39 is 6.43 Å². The maximum atomic E-state index is 12.7. The molecule has 0 aliphatic carbocycles. The second kappa shape index (κ2) is 6.17. The van der Waals surface area contributed by atoms with Crippen molar-refractivity contribution in [2.45, 2.75) is 6.43 Å². The summed E-state index contributed by atoms with van der Waals surface area (Å²) in [7, 11) is 0. The Hall–Kier alpha value is -0.690. The van der Waals surface area contributed by atoms with Gasteiger partial charge in [-0.3, -0.25) is 0 Å². The molecule has 5 heteroatoms. The Morgan fingerprint density at radius 3 is 2.42 bits per heavy atom. The quantitative estimate of drug-likeness (QED) is 0.587. The van der Waals surface area contributed by atoms with E-state index in [1.54, 1.807) is 4.90 Å². The molecule has 0 fully saturated rings. The molecule has 1 aromatic carbocycles. The first-order valence-corrected chi connectivity index (χ1v) is 7.44. The van der Waals surface area contributed by atoms with Gasteiger partial charge in [0.2, 0.25) is 0 Å². The third kappa shape index (κ3) is 3.45. The fraction of sp³-hybridized carbons (Fsp3) is 0.143. The Labute approximate surface area is 132 Å². The Morgan fingerprint density at radius 1 is 1.21 bits per heavy atom.